The summed E-state index contributed by atoms with van der Waals surface area (Å²) in [5, 5.41) is 0.508. The highest BCUT2D eigenvalue weighted by atomic mass is 35.5. The highest BCUT2D eigenvalue weighted by Gasteiger charge is 2.37. The Balaban J connectivity index is 1.72. The highest BCUT2D eigenvalue weighted by Crippen LogP contribution is 2.34. The van der Waals surface area contributed by atoms with E-state index in [1.807, 2.05) is 68.4 Å². The zero-order valence-electron chi connectivity index (χ0n) is 21.1. The van der Waals surface area contributed by atoms with Gasteiger partial charge in [0.15, 0.2) is 0 Å². The minimum absolute atomic E-state index is 0.207. The van der Waals surface area contributed by atoms with Crippen LogP contribution < -0.4 is 4.74 Å². The van der Waals surface area contributed by atoms with Crippen molar-refractivity contribution in [2.24, 2.45) is 0 Å². The lowest BCUT2D eigenvalue weighted by atomic mass is 10.0. The van der Waals surface area contributed by atoms with Crippen LogP contribution in [0, 0.1) is 13.8 Å². The number of rotatable bonds is 7. The summed E-state index contributed by atoms with van der Waals surface area (Å²) in [5.41, 5.74) is 5.95. The third-order valence-corrected chi connectivity index (χ3v) is 6.83. The van der Waals surface area contributed by atoms with Gasteiger partial charge in [0.1, 0.15) is 5.75 Å². The van der Waals surface area contributed by atoms with Gasteiger partial charge in [0, 0.05) is 29.3 Å². The van der Waals surface area contributed by atoms with Crippen molar-refractivity contribution < 1.29 is 19.1 Å². The summed E-state index contributed by atoms with van der Waals surface area (Å²) < 4.78 is 12.4. The molecule has 0 aliphatic carbocycles. The van der Waals surface area contributed by atoms with Crippen LogP contribution in [-0.2, 0) is 20.7 Å². The molecule has 0 unspecified atom stereocenters. The van der Waals surface area contributed by atoms with Crippen molar-refractivity contribution in [2.75, 3.05) is 20.8 Å². The molecule has 0 saturated heterocycles. The maximum absolute atomic E-state index is 13.5. The van der Waals surface area contributed by atoms with E-state index in [0.29, 0.717) is 40.6 Å². The Bertz CT molecular complexity index is 1390. The molecule has 7 heteroatoms. The van der Waals surface area contributed by atoms with E-state index < -0.39 is 5.97 Å². The number of hydrogen-bond acceptors (Lipinski definition) is 4. The van der Waals surface area contributed by atoms with Crippen molar-refractivity contribution >= 4 is 29.6 Å². The first-order valence-corrected chi connectivity index (χ1v) is 12.0. The van der Waals surface area contributed by atoms with E-state index >= 15 is 0 Å². The molecule has 0 N–H and O–H groups in total. The van der Waals surface area contributed by atoms with Crippen LogP contribution >= 0.6 is 11.6 Å². The molecule has 0 fully saturated rings. The number of esters is 1. The van der Waals surface area contributed by atoms with Crippen molar-refractivity contribution in [3.05, 3.63) is 99.0 Å². The van der Waals surface area contributed by atoms with Gasteiger partial charge in [0.25, 0.3) is 5.91 Å². The molecular formula is C29H29ClN2O4. The molecule has 0 bridgehead atoms. The van der Waals surface area contributed by atoms with E-state index in [1.165, 1.54) is 7.11 Å². The lowest BCUT2D eigenvalue weighted by Gasteiger charge is -2.17. The van der Waals surface area contributed by atoms with Crippen molar-refractivity contribution in [3.8, 4) is 11.4 Å². The summed E-state index contributed by atoms with van der Waals surface area (Å²) in [6, 6.07) is 17.5. The summed E-state index contributed by atoms with van der Waals surface area (Å²) in [4.78, 5) is 27.9. The predicted molar refractivity (Wildman–Crippen MR) is 141 cm³/mol. The molecule has 0 spiro atoms. The van der Waals surface area contributed by atoms with Crippen LogP contribution in [0.4, 0.5) is 0 Å². The Labute approximate surface area is 216 Å². The minimum Gasteiger partial charge on any atom is -0.495 e. The zero-order chi connectivity index (χ0) is 26.0. The number of benzene rings is 2. The third-order valence-electron chi connectivity index (χ3n) is 6.53. The van der Waals surface area contributed by atoms with Crippen molar-refractivity contribution in [1.29, 1.82) is 0 Å². The average molecular weight is 505 g/mol. The Kier molecular flexibility index (Phi) is 7.36. The number of ether oxygens (including phenoxy) is 2. The van der Waals surface area contributed by atoms with Crippen LogP contribution in [0.5, 0.6) is 5.75 Å². The van der Waals surface area contributed by atoms with Gasteiger partial charge in [-0.3, -0.25) is 4.79 Å². The summed E-state index contributed by atoms with van der Waals surface area (Å²) in [6.07, 6.45) is 2.46. The Hall–Kier alpha value is -3.77. The van der Waals surface area contributed by atoms with Gasteiger partial charge in [-0.1, -0.05) is 41.9 Å². The maximum atomic E-state index is 13.5. The van der Waals surface area contributed by atoms with Crippen LogP contribution in [0.1, 0.15) is 29.4 Å². The molecule has 1 amide bonds. The molecule has 0 radical (unpaired) electrons. The quantitative estimate of drug-likeness (QED) is 0.307. The number of nitrogens with zero attached hydrogens (tertiary/aromatic N) is 2. The first kappa shape index (κ1) is 25.3. The molecule has 3 aromatic rings. The number of carbonyl (C=O) groups is 2. The van der Waals surface area contributed by atoms with Crippen molar-refractivity contribution in [1.82, 2.24) is 9.47 Å². The van der Waals surface area contributed by atoms with Gasteiger partial charge in [0.05, 0.1) is 30.4 Å². The second kappa shape index (κ2) is 10.5. The fraction of sp³-hybridized carbons (Fsp3) is 0.241. The number of aromatic nitrogens is 1. The Morgan fingerprint density at radius 3 is 2.39 bits per heavy atom. The molecule has 0 atom stereocenters. The van der Waals surface area contributed by atoms with Crippen molar-refractivity contribution in [3.63, 3.8) is 0 Å². The summed E-state index contributed by atoms with van der Waals surface area (Å²) in [7, 11) is 2.91. The Morgan fingerprint density at radius 2 is 1.75 bits per heavy atom. The number of amides is 1. The standard InChI is InChI=1S/C29H29ClN2O4/c1-18-15-22(19(2)32(18)23-11-12-26(35-4)25(30)17-23)16-24-27(29(34)36-5)20(3)31(28(24)33)14-13-21-9-7-6-8-10-21/h6-12,15-17H,13-14H2,1-5H3/b24-16-. The number of aryl methyl sites for hydroxylation is 1. The molecule has 0 saturated carbocycles. The number of halogens is 1. The third kappa shape index (κ3) is 4.69. The van der Waals surface area contributed by atoms with E-state index in [2.05, 4.69) is 4.57 Å². The topological polar surface area (TPSA) is 60.8 Å². The van der Waals surface area contributed by atoms with Gasteiger partial charge in [-0.05, 0) is 68.7 Å². The summed E-state index contributed by atoms with van der Waals surface area (Å²) in [5.74, 6) is -0.133. The molecule has 186 valence electrons. The lowest BCUT2D eigenvalue weighted by Crippen LogP contribution is -2.27. The van der Waals surface area contributed by atoms with Gasteiger partial charge in [-0.25, -0.2) is 4.79 Å². The van der Waals surface area contributed by atoms with Crippen molar-refractivity contribution in [2.45, 2.75) is 27.2 Å². The number of hydrogen-bond donors (Lipinski definition) is 0. The SMILES string of the molecule is COC(=O)C1=C(C)N(CCc2ccccc2)C(=O)/C1=C\c1cc(C)n(-c2ccc(OC)c(Cl)c2)c1C. The maximum Gasteiger partial charge on any atom is 0.340 e. The molecular weight excluding hydrogens is 476 g/mol. The first-order chi connectivity index (χ1) is 17.3. The van der Waals surface area contributed by atoms with E-state index in [4.69, 9.17) is 21.1 Å². The van der Waals surface area contributed by atoms with Crippen LogP contribution in [0.3, 0.4) is 0 Å². The smallest absolute Gasteiger partial charge is 0.340 e. The first-order valence-electron chi connectivity index (χ1n) is 11.7. The van der Waals surface area contributed by atoms with Crippen LogP contribution in [0.25, 0.3) is 11.8 Å². The van der Waals surface area contributed by atoms with Gasteiger partial charge < -0.3 is 18.9 Å². The molecule has 2 heterocycles. The van der Waals surface area contributed by atoms with E-state index in [-0.39, 0.29) is 5.91 Å². The predicted octanol–water partition coefficient (Wildman–Crippen LogP) is 5.67. The largest absolute Gasteiger partial charge is 0.495 e. The van der Waals surface area contributed by atoms with Gasteiger partial charge >= 0.3 is 5.97 Å². The fourth-order valence-corrected chi connectivity index (χ4v) is 4.92. The molecule has 36 heavy (non-hydrogen) atoms. The van der Waals surface area contributed by atoms with E-state index in [1.54, 1.807) is 25.0 Å². The molecule has 1 aromatic heterocycles. The van der Waals surface area contributed by atoms with Crippen LogP contribution in [-0.4, -0.2) is 42.1 Å². The van der Waals surface area contributed by atoms with E-state index in [0.717, 1.165) is 28.2 Å². The molecule has 1 aliphatic heterocycles. The second-order valence-electron chi connectivity index (χ2n) is 8.68. The summed E-state index contributed by atoms with van der Waals surface area (Å²) in [6.45, 7) is 6.21. The van der Waals surface area contributed by atoms with Gasteiger partial charge in [0.2, 0.25) is 0 Å². The van der Waals surface area contributed by atoms with Gasteiger partial charge in [-0.15, -0.1) is 0 Å². The van der Waals surface area contributed by atoms with Crippen LogP contribution in [0.2, 0.25) is 5.02 Å². The van der Waals surface area contributed by atoms with E-state index in [9.17, 15) is 9.59 Å². The van der Waals surface area contributed by atoms with Gasteiger partial charge in [-0.2, -0.15) is 0 Å². The molecule has 1 aliphatic rings. The monoisotopic (exact) mass is 504 g/mol. The summed E-state index contributed by atoms with van der Waals surface area (Å²) >= 11 is 6.37. The molecule has 4 rings (SSSR count). The fourth-order valence-electron chi connectivity index (χ4n) is 4.66. The zero-order valence-corrected chi connectivity index (χ0v) is 21.8. The highest BCUT2D eigenvalue weighted by molar-refractivity contribution is 6.32. The average Bonchev–Trinajstić information content (AvgIpc) is 3.28. The normalized spacial score (nSPS) is 14.7. The number of carbonyl (C=O) groups excluding carboxylic acids is 2. The minimum atomic E-state index is -0.523. The molecule has 6 nitrogen and oxygen atoms in total. The van der Waals surface area contributed by atoms with Crippen LogP contribution in [0.15, 0.2) is 71.4 Å². The molecule has 2 aromatic carbocycles. The lowest BCUT2D eigenvalue weighted by molar-refractivity contribution is -0.136. The second-order valence-corrected chi connectivity index (χ2v) is 9.09. The number of methoxy groups -OCH3 is 2. The number of allylic oxidation sites excluding steroid dienone is 1. The Morgan fingerprint density at radius 1 is 1.03 bits per heavy atom.